The van der Waals surface area contributed by atoms with Crippen molar-refractivity contribution in [3.63, 3.8) is 0 Å². The molecule has 1 unspecified atom stereocenters. The molecule has 0 amide bonds. The largest absolute Gasteiger partial charge is 0.379 e. The molecular formula is C29H44N2. The van der Waals surface area contributed by atoms with Crippen molar-refractivity contribution >= 4 is 11.4 Å². The molecule has 0 aromatic heterocycles. The highest BCUT2D eigenvalue weighted by Crippen LogP contribution is 2.34. The highest BCUT2D eigenvalue weighted by atomic mass is 14.9. The summed E-state index contributed by atoms with van der Waals surface area (Å²) in [5.74, 6) is 1.94. The lowest BCUT2D eigenvalue weighted by molar-refractivity contribution is 0.825. The molecule has 0 fully saturated rings. The summed E-state index contributed by atoms with van der Waals surface area (Å²) in [6, 6.07) is 13.6. The van der Waals surface area contributed by atoms with Gasteiger partial charge in [-0.2, -0.15) is 0 Å². The number of anilines is 2. The number of hydrogen-bond donors (Lipinski definition) is 2. The molecule has 0 aliphatic rings. The van der Waals surface area contributed by atoms with Crippen molar-refractivity contribution in [2.45, 2.75) is 99.0 Å². The second-order valence-corrected chi connectivity index (χ2v) is 10.1. The minimum absolute atomic E-state index is 0.221. The summed E-state index contributed by atoms with van der Waals surface area (Å²) in [5.41, 5.74) is 9.31. The second-order valence-electron chi connectivity index (χ2n) is 10.1. The maximum atomic E-state index is 3.82. The first kappa shape index (κ1) is 25.0. The van der Waals surface area contributed by atoms with E-state index in [2.05, 4.69) is 122 Å². The summed E-state index contributed by atoms with van der Waals surface area (Å²) in [6.45, 7) is 22.6. The zero-order chi connectivity index (χ0) is 23.3. The van der Waals surface area contributed by atoms with E-state index in [1.165, 1.54) is 39.3 Å². The standard InChI is InChI=1S/C29H44N2/c1-18(2)24-13-11-14-25(19(3)4)28(24)30-22(9)17-23(10)31-29-26(20(5)6)15-12-16-27(29)21(7)8/h11-22,30-31H,1-10H3/b23-17-. The first-order chi connectivity index (χ1) is 14.5. The van der Waals surface area contributed by atoms with Gasteiger partial charge in [0.15, 0.2) is 0 Å². The van der Waals surface area contributed by atoms with Gasteiger partial charge in [-0.3, -0.25) is 0 Å². The average molecular weight is 421 g/mol. The fourth-order valence-corrected chi connectivity index (χ4v) is 4.30. The van der Waals surface area contributed by atoms with Crippen LogP contribution in [0.25, 0.3) is 0 Å². The van der Waals surface area contributed by atoms with E-state index in [1.807, 2.05) is 0 Å². The van der Waals surface area contributed by atoms with Gasteiger partial charge in [-0.1, -0.05) is 91.8 Å². The molecule has 2 N–H and O–H groups in total. The highest BCUT2D eigenvalue weighted by Gasteiger charge is 2.16. The Labute approximate surface area is 191 Å². The molecular weight excluding hydrogens is 376 g/mol. The van der Waals surface area contributed by atoms with E-state index in [9.17, 15) is 0 Å². The van der Waals surface area contributed by atoms with E-state index in [0.29, 0.717) is 23.7 Å². The van der Waals surface area contributed by atoms with Crippen molar-refractivity contribution in [3.8, 4) is 0 Å². The van der Waals surface area contributed by atoms with Crippen LogP contribution in [0.5, 0.6) is 0 Å². The Balaban J connectivity index is 2.33. The normalized spacial score (nSPS) is 13.4. The highest BCUT2D eigenvalue weighted by molar-refractivity contribution is 5.64. The predicted molar refractivity (Wildman–Crippen MR) is 140 cm³/mol. The summed E-state index contributed by atoms with van der Waals surface area (Å²) in [7, 11) is 0. The number of nitrogens with one attached hydrogen (secondary N) is 2. The van der Waals surface area contributed by atoms with Crippen LogP contribution in [0.1, 0.15) is 115 Å². The van der Waals surface area contributed by atoms with Gasteiger partial charge in [0.25, 0.3) is 0 Å². The van der Waals surface area contributed by atoms with Gasteiger partial charge in [-0.25, -0.2) is 0 Å². The Hall–Kier alpha value is -2.22. The molecule has 170 valence electrons. The molecule has 0 radical (unpaired) electrons. The number of hydrogen-bond acceptors (Lipinski definition) is 2. The van der Waals surface area contributed by atoms with Gasteiger partial charge >= 0.3 is 0 Å². The Kier molecular flexibility index (Phi) is 8.79. The minimum Gasteiger partial charge on any atom is -0.379 e. The third-order valence-electron chi connectivity index (χ3n) is 5.94. The Morgan fingerprint density at radius 2 is 0.968 bits per heavy atom. The SMILES string of the molecule is C/C(=C/C(C)Nc1c(C(C)C)cccc1C(C)C)Nc1c(C(C)C)cccc1C(C)C. The second kappa shape index (κ2) is 10.9. The van der Waals surface area contributed by atoms with Crippen LogP contribution in [0.3, 0.4) is 0 Å². The van der Waals surface area contributed by atoms with Crippen LogP contribution in [-0.2, 0) is 0 Å². The molecule has 2 aromatic carbocycles. The van der Waals surface area contributed by atoms with E-state index in [-0.39, 0.29) is 6.04 Å². The topological polar surface area (TPSA) is 24.1 Å². The number of allylic oxidation sites excluding steroid dienone is 1. The molecule has 0 spiro atoms. The van der Waals surface area contributed by atoms with E-state index in [4.69, 9.17) is 0 Å². The molecule has 0 saturated heterocycles. The zero-order valence-corrected chi connectivity index (χ0v) is 21.4. The van der Waals surface area contributed by atoms with Gasteiger partial charge in [0.2, 0.25) is 0 Å². The fraction of sp³-hybridized carbons (Fsp3) is 0.517. The van der Waals surface area contributed by atoms with Crippen LogP contribution < -0.4 is 10.6 Å². The van der Waals surface area contributed by atoms with Gasteiger partial charge < -0.3 is 10.6 Å². The van der Waals surface area contributed by atoms with E-state index >= 15 is 0 Å². The van der Waals surface area contributed by atoms with Crippen molar-refractivity contribution in [3.05, 3.63) is 70.4 Å². The maximum absolute atomic E-state index is 3.82. The molecule has 31 heavy (non-hydrogen) atoms. The molecule has 0 bridgehead atoms. The average Bonchev–Trinajstić information content (AvgIpc) is 2.67. The fourth-order valence-electron chi connectivity index (χ4n) is 4.30. The zero-order valence-electron chi connectivity index (χ0n) is 21.4. The molecule has 0 heterocycles. The van der Waals surface area contributed by atoms with Crippen LogP contribution in [0.15, 0.2) is 48.2 Å². The molecule has 2 nitrogen and oxygen atoms in total. The Morgan fingerprint density at radius 3 is 1.32 bits per heavy atom. The van der Waals surface area contributed by atoms with Crippen molar-refractivity contribution in [2.24, 2.45) is 0 Å². The van der Waals surface area contributed by atoms with Crippen LogP contribution in [-0.4, -0.2) is 6.04 Å². The lowest BCUT2D eigenvalue weighted by Gasteiger charge is -2.24. The first-order valence-corrected chi connectivity index (χ1v) is 12.0. The van der Waals surface area contributed by atoms with Gasteiger partial charge in [0.1, 0.15) is 0 Å². The van der Waals surface area contributed by atoms with Crippen molar-refractivity contribution in [1.82, 2.24) is 0 Å². The van der Waals surface area contributed by atoms with Gasteiger partial charge in [0.05, 0.1) is 0 Å². The first-order valence-electron chi connectivity index (χ1n) is 12.0. The van der Waals surface area contributed by atoms with Crippen molar-refractivity contribution < 1.29 is 0 Å². The van der Waals surface area contributed by atoms with Gasteiger partial charge in [-0.15, -0.1) is 0 Å². The third kappa shape index (κ3) is 6.38. The summed E-state index contributed by atoms with van der Waals surface area (Å²) >= 11 is 0. The van der Waals surface area contributed by atoms with Crippen LogP contribution in [0, 0.1) is 0 Å². The Morgan fingerprint density at radius 1 is 0.613 bits per heavy atom. The molecule has 0 aliphatic carbocycles. The molecule has 2 heteroatoms. The van der Waals surface area contributed by atoms with E-state index in [1.54, 1.807) is 0 Å². The monoisotopic (exact) mass is 420 g/mol. The summed E-state index contributed by atoms with van der Waals surface area (Å²) in [4.78, 5) is 0. The molecule has 2 rings (SSSR count). The Bertz CT molecular complexity index is 835. The lowest BCUT2D eigenvalue weighted by atomic mass is 9.92. The summed E-state index contributed by atoms with van der Waals surface area (Å²) in [5, 5.41) is 7.57. The van der Waals surface area contributed by atoms with Crippen LogP contribution in [0.2, 0.25) is 0 Å². The van der Waals surface area contributed by atoms with Gasteiger partial charge in [-0.05, 0) is 65.8 Å². The van der Waals surface area contributed by atoms with E-state index in [0.717, 1.165) is 0 Å². The summed E-state index contributed by atoms with van der Waals surface area (Å²) < 4.78 is 0. The minimum atomic E-state index is 0.221. The molecule has 0 saturated carbocycles. The smallest absolute Gasteiger partial charge is 0.0452 e. The lowest BCUT2D eigenvalue weighted by Crippen LogP contribution is -2.18. The predicted octanol–water partition coefficient (Wildman–Crippen LogP) is 9.00. The number of benzene rings is 2. The van der Waals surface area contributed by atoms with Crippen LogP contribution >= 0.6 is 0 Å². The van der Waals surface area contributed by atoms with Crippen molar-refractivity contribution in [2.75, 3.05) is 10.6 Å². The molecule has 0 aliphatic heterocycles. The summed E-state index contributed by atoms with van der Waals surface area (Å²) in [6.07, 6.45) is 2.31. The van der Waals surface area contributed by atoms with Crippen molar-refractivity contribution in [1.29, 1.82) is 0 Å². The number of rotatable bonds is 9. The third-order valence-corrected chi connectivity index (χ3v) is 5.94. The maximum Gasteiger partial charge on any atom is 0.0452 e. The van der Waals surface area contributed by atoms with E-state index < -0.39 is 0 Å². The molecule has 2 aromatic rings. The quantitative estimate of drug-likeness (QED) is 0.423. The number of para-hydroxylation sites is 2. The molecule has 1 atom stereocenters. The van der Waals surface area contributed by atoms with Crippen LogP contribution in [0.4, 0.5) is 11.4 Å². The van der Waals surface area contributed by atoms with Gasteiger partial charge in [0, 0.05) is 23.1 Å².